The van der Waals surface area contributed by atoms with E-state index in [9.17, 15) is 0 Å². The van der Waals surface area contributed by atoms with Crippen LogP contribution in [0.5, 0.6) is 0 Å². The van der Waals surface area contributed by atoms with Gasteiger partial charge in [0, 0.05) is 6.54 Å². The number of hydrogen-bond donors (Lipinski definition) is 0. The highest BCUT2D eigenvalue weighted by atomic mass is 15.4. The van der Waals surface area contributed by atoms with E-state index in [4.69, 9.17) is 0 Å². The highest BCUT2D eigenvalue weighted by Gasteiger charge is 2.03. The summed E-state index contributed by atoms with van der Waals surface area (Å²) < 4.78 is 2.08. The van der Waals surface area contributed by atoms with Crippen LogP contribution in [0.4, 0.5) is 0 Å². The minimum Gasteiger partial charge on any atom is -0.249 e. The number of unbranched alkanes of at least 4 members (excludes halogenated alkanes) is 2. The molecule has 0 bridgehead atoms. The molecule has 16 heavy (non-hydrogen) atoms. The van der Waals surface area contributed by atoms with Gasteiger partial charge in [0.1, 0.15) is 0 Å². The van der Waals surface area contributed by atoms with Crippen LogP contribution in [-0.4, -0.2) is 15.0 Å². The lowest BCUT2D eigenvalue weighted by Gasteiger charge is -2.07. The zero-order valence-electron chi connectivity index (χ0n) is 10.9. The fraction of sp³-hybridized carbons (Fsp3) is 0.846. The third kappa shape index (κ3) is 4.77. The Bertz CT molecular complexity index is 278. The summed E-state index contributed by atoms with van der Waals surface area (Å²) in [4.78, 5) is 0. The average molecular weight is 223 g/mol. The Morgan fingerprint density at radius 1 is 1.25 bits per heavy atom. The van der Waals surface area contributed by atoms with Crippen LogP contribution in [-0.2, 0) is 13.0 Å². The van der Waals surface area contributed by atoms with Gasteiger partial charge in [0.05, 0.1) is 11.9 Å². The van der Waals surface area contributed by atoms with Gasteiger partial charge in [-0.3, -0.25) is 0 Å². The quantitative estimate of drug-likeness (QED) is 0.632. The molecule has 92 valence electrons. The minimum atomic E-state index is 0.796. The summed E-state index contributed by atoms with van der Waals surface area (Å²) >= 11 is 0. The summed E-state index contributed by atoms with van der Waals surface area (Å²) in [5, 5.41) is 8.16. The normalized spacial score (nSPS) is 11.2. The van der Waals surface area contributed by atoms with Crippen LogP contribution >= 0.6 is 0 Å². The third-order valence-corrected chi connectivity index (χ3v) is 2.89. The zero-order valence-corrected chi connectivity index (χ0v) is 10.9. The number of aromatic nitrogens is 3. The second-order valence-corrected chi connectivity index (χ2v) is 4.94. The first-order chi connectivity index (χ1) is 7.74. The van der Waals surface area contributed by atoms with E-state index in [-0.39, 0.29) is 0 Å². The number of aryl methyl sites for hydroxylation is 2. The Morgan fingerprint density at radius 2 is 2.06 bits per heavy atom. The molecule has 0 aliphatic rings. The predicted octanol–water partition coefficient (Wildman–Crippen LogP) is 3.45. The van der Waals surface area contributed by atoms with E-state index in [1.165, 1.54) is 37.8 Å². The maximum atomic E-state index is 4.15. The summed E-state index contributed by atoms with van der Waals surface area (Å²) in [7, 11) is 0. The van der Waals surface area contributed by atoms with Gasteiger partial charge in [-0.15, -0.1) is 5.10 Å². The van der Waals surface area contributed by atoms with E-state index in [1.807, 2.05) is 6.20 Å². The molecule has 0 aliphatic heterocycles. The summed E-state index contributed by atoms with van der Waals surface area (Å²) in [5.41, 5.74) is 1.30. The van der Waals surface area contributed by atoms with Crippen molar-refractivity contribution in [2.75, 3.05) is 0 Å². The standard InChI is InChI=1S/C13H25N3/c1-4-5-6-10-16-13(11-14-15-16)9-7-8-12(2)3/h11-12H,4-10H2,1-3H3. The van der Waals surface area contributed by atoms with Crippen LogP contribution in [0.15, 0.2) is 6.20 Å². The molecule has 0 aromatic carbocycles. The molecule has 1 rings (SSSR count). The molecule has 3 nitrogen and oxygen atoms in total. The van der Waals surface area contributed by atoms with Crippen molar-refractivity contribution >= 4 is 0 Å². The van der Waals surface area contributed by atoms with E-state index >= 15 is 0 Å². The van der Waals surface area contributed by atoms with Crippen LogP contribution in [0, 0.1) is 5.92 Å². The number of hydrogen-bond acceptors (Lipinski definition) is 2. The maximum absolute atomic E-state index is 4.15. The lowest BCUT2D eigenvalue weighted by Crippen LogP contribution is -2.05. The van der Waals surface area contributed by atoms with E-state index in [2.05, 4.69) is 35.8 Å². The Hall–Kier alpha value is -0.860. The first kappa shape index (κ1) is 13.2. The largest absolute Gasteiger partial charge is 0.249 e. The van der Waals surface area contributed by atoms with Gasteiger partial charge < -0.3 is 0 Å². The van der Waals surface area contributed by atoms with Crippen LogP contribution in [0.1, 0.15) is 58.6 Å². The topological polar surface area (TPSA) is 30.7 Å². The monoisotopic (exact) mass is 223 g/mol. The van der Waals surface area contributed by atoms with Crippen molar-refractivity contribution < 1.29 is 0 Å². The number of nitrogens with zero attached hydrogens (tertiary/aromatic N) is 3. The fourth-order valence-corrected chi connectivity index (χ4v) is 1.86. The molecule has 3 heteroatoms. The van der Waals surface area contributed by atoms with Gasteiger partial charge in [-0.2, -0.15) is 0 Å². The van der Waals surface area contributed by atoms with Crippen molar-refractivity contribution in [2.24, 2.45) is 5.92 Å². The molecule has 0 atom stereocenters. The van der Waals surface area contributed by atoms with Gasteiger partial charge in [0.15, 0.2) is 0 Å². The lowest BCUT2D eigenvalue weighted by atomic mass is 10.1. The molecule has 0 N–H and O–H groups in total. The summed E-state index contributed by atoms with van der Waals surface area (Å²) in [6, 6.07) is 0. The molecule has 0 saturated carbocycles. The molecule has 1 heterocycles. The average Bonchev–Trinajstić information content (AvgIpc) is 2.66. The molecular weight excluding hydrogens is 198 g/mol. The molecule has 1 aromatic rings. The third-order valence-electron chi connectivity index (χ3n) is 2.89. The van der Waals surface area contributed by atoms with Crippen LogP contribution in [0.2, 0.25) is 0 Å². The second kappa shape index (κ2) is 7.42. The molecule has 0 spiro atoms. The second-order valence-electron chi connectivity index (χ2n) is 4.94. The molecule has 0 amide bonds. The van der Waals surface area contributed by atoms with E-state index in [0.29, 0.717) is 0 Å². The molecule has 0 saturated heterocycles. The van der Waals surface area contributed by atoms with Crippen LogP contribution in [0.3, 0.4) is 0 Å². The van der Waals surface area contributed by atoms with Gasteiger partial charge in [-0.05, 0) is 25.2 Å². The van der Waals surface area contributed by atoms with Crippen molar-refractivity contribution in [1.82, 2.24) is 15.0 Å². The van der Waals surface area contributed by atoms with Gasteiger partial charge in [0.25, 0.3) is 0 Å². The van der Waals surface area contributed by atoms with Crippen molar-refractivity contribution in [3.8, 4) is 0 Å². The SMILES string of the molecule is CCCCCn1nncc1CCCC(C)C. The molecule has 0 unspecified atom stereocenters. The zero-order chi connectivity index (χ0) is 11.8. The Balaban J connectivity index is 2.32. The van der Waals surface area contributed by atoms with Crippen molar-refractivity contribution in [3.63, 3.8) is 0 Å². The van der Waals surface area contributed by atoms with Gasteiger partial charge in [-0.25, -0.2) is 4.68 Å². The maximum Gasteiger partial charge on any atom is 0.0725 e. The fourth-order valence-electron chi connectivity index (χ4n) is 1.86. The van der Waals surface area contributed by atoms with Crippen molar-refractivity contribution in [1.29, 1.82) is 0 Å². The lowest BCUT2D eigenvalue weighted by molar-refractivity contribution is 0.501. The van der Waals surface area contributed by atoms with Crippen LogP contribution in [0.25, 0.3) is 0 Å². The summed E-state index contributed by atoms with van der Waals surface area (Å²) in [6.45, 7) is 7.81. The molecule has 1 aromatic heterocycles. The highest BCUT2D eigenvalue weighted by molar-refractivity contribution is 4.93. The Morgan fingerprint density at radius 3 is 2.75 bits per heavy atom. The van der Waals surface area contributed by atoms with E-state index in [0.717, 1.165) is 18.9 Å². The van der Waals surface area contributed by atoms with Crippen molar-refractivity contribution in [2.45, 2.75) is 65.8 Å². The first-order valence-corrected chi connectivity index (χ1v) is 6.61. The van der Waals surface area contributed by atoms with Gasteiger partial charge in [0.2, 0.25) is 0 Å². The van der Waals surface area contributed by atoms with E-state index < -0.39 is 0 Å². The van der Waals surface area contributed by atoms with Gasteiger partial charge >= 0.3 is 0 Å². The highest BCUT2D eigenvalue weighted by Crippen LogP contribution is 2.09. The van der Waals surface area contributed by atoms with E-state index in [1.54, 1.807) is 0 Å². The minimum absolute atomic E-state index is 0.796. The smallest absolute Gasteiger partial charge is 0.0725 e. The Labute approximate surface area is 99.2 Å². The number of rotatable bonds is 8. The molecule has 0 aliphatic carbocycles. The molecular formula is C13H25N3. The first-order valence-electron chi connectivity index (χ1n) is 6.61. The predicted molar refractivity (Wildman–Crippen MR) is 67.3 cm³/mol. The summed E-state index contributed by atoms with van der Waals surface area (Å²) in [6.07, 6.45) is 9.35. The van der Waals surface area contributed by atoms with Crippen molar-refractivity contribution in [3.05, 3.63) is 11.9 Å². The van der Waals surface area contributed by atoms with Gasteiger partial charge in [-0.1, -0.05) is 45.2 Å². The molecule has 0 radical (unpaired) electrons. The summed E-state index contributed by atoms with van der Waals surface area (Å²) in [5.74, 6) is 0.796. The molecule has 0 fully saturated rings. The van der Waals surface area contributed by atoms with Crippen LogP contribution < -0.4 is 0 Å². The Kier molecular flexibility index (Phi) is 6.12.